The van der Waals surface area contributed by atoms with Crippen molar-refractivity contribution in [3.8, 4) is 0 Å². The van der Waals surface area contributed by atoms with Crippen molar-refractivity contribution in [1.82, 2.24) is 4.90 Å². The number of likely N-dealkylation sites (tertiary alicyclic amines) is 1. The molecule has 100 valence electrons. The predicted molar refractivity (Wildman–Crippen MR) is 65.2 cm³/mol. The van der Waals surface area contributed by atoms with Crippen LogP contribution in [0.4, 0.5) is 4.79 Å². The number of carbonyl (C=O) groups excluding carboxylic acids is 1. The Labute approximate surface area is 106 Å². The summed E-state index contributed by atoms with van der Waals surface area (Å²) in [7, 11) is 0. The molecule has 1 aliphatic carbocycles. The topological polar surface area (TPSA) is 66.8 Å². The van der Waals surface area contributed by atoms with Crippen molar-refractivity contribution in [2.24, 2.45) is 5.41 Å². The lowest BCUT2D eigenvalue weighted by atomic mass is 9.88. The average molecular weight is 253 g/mol. The van der Waals surface area contributed by atoms with Gasteiger partial charge in [-0.25, -0.2) is 4.79 Å². The molecule has 0 radical (unpaired) electrons. The van der Waals surface area contributed by atoms with Crippen LogP contribution < -0.4 is 0 Å². The molecule has 5 heteroatoms. The molecular formula is C13H19NO4. The van der Waals surface area contributed by atoms with Crippen molar-refractivity contribution in [3.63, 3.8) is 0 Å². The summed E-state index contributed by atoms with van der Waals surface area (Å²) in [5.41, 5.74) is -0.715. The number of aliphatic carboxylic acids is 1. The van der Waals surface area contributed by atoms with E-state index in [1.807, 2.05) is 0 Å². The monoisotopic (exact) mass is 253 g/mol. The Morgan fingerprint density at radius 3 is 2.72 bits per heavy atom. The number of amides is 1. The molecule has 2 fully saturated rings. The smallest absolute Gasteiger partial charge is 0.410 e. The maximum absolute atomic E-state index is 11.9. The molecule has 1 aliphatic heterocycles. The summed E-state index contributed by atoms with van der Waals surface area (Å²) in [4.78, 5) is 24.9. The molecule has 0 bridgehead atoms. The molecule has 1 amide bonds. The van der Waals surface area contributed by atoms with Crippen LogP contribution in [0.5, 0.6) is 0 Å². The van der Waals surface area contributed by atoms with E-state index < -0.39 is 17.5 Å². The molecule has 0 aromatic rings. The Hall–Kier alpha value is -1.52. The molecular weight excluding hydrogens is 234 g/mol. The Kier molecular flexibility index (Phi) is 3.59. The summed E-state index contributed by atoms with van der Waals surface area (Å²) in [5, 5.41) is 9.34. The maximum atomic E-state index is 11.9. The van der Waals surface area contributed by atoms with Crippen LogP contribution >= 0.6 is 0 Å². The number of rotatable bonds is 4. The molecule has 0 aromatic carbocycles. The van der Waals surface area contributed by atoms with Gasteiger partial charge in [0.25, 0.3) is 0 Å². The second-order valence-electron chi connectivity index (χ2n) is 5.03. The molecule has 18 heavy (non-hydrogen) atoms. The minimum absolute atomic E-state index is 0.169. The molecule has 2 rings (SSSR count). The van der Waals surface area contributed by atoms with E-state index in [0.717, 1.165) is 19.3 Å². The summed E-state index contributed by atoms with van der Waals surface area (Å²) >= 11 is 0. The molecule has 2 aliphatic rings. The highest BCUT2D eigenvalue weighted by molar-refractivity contribution is 5.80. The summed E-state index contributed by atoms with van der Waals surface area (Å²) in [6.45, 7) is 4.26. The lowest BCUT2D eigenvalue weighted by molar-refractivity contribution is -0.146. The fourth-order valence-corrected chi connectivity index (χ4v) is 2.76. The Balaban J connectivity index is 2.09. The zero-order valence-corrected chi connectivity index (χ0v) is 10.4. The van der Waals surface area contributed by atoms with Crippen molar-refractivity contribution in [1.29, 1.82) is 0 Å². The van der Waals surface area contributed by atoms with Crippen LogP contribution in [-0.2, 0) is 9.53 Å². The van der Waals surface area contributed by atoms with Gasteiger partial charge in [-0.2, -0.15) is 0 Å². The van der Waals surface area contributed by atoms with E-state index >= 15 is 0 Å². The highest BCUT2D eigenvalue weighted by atomic mass is 16.6. The molecule has 1 saturated heterocycles. The van der Waals surface area contributed by atoms with Crippen LogP contribution in [-0.4, -0.2) is 41.3 Å². The second-order valence-corrected chi connectivity index (χ2v) is 5.03. The van der Waals surface area contributed by atoms with Gasteiger partial charge in [0.15, 0.2) is 0 Å². The van der Waals surface area contributed by atoms with Crippen LogP contribution in [0.15, 0.2) is 12.7 Å². The summed E-state index contributed by atoms with van der Waals surface area (Å²) in [6, 6.07) is -0.207. The zero-order chi connectivity index (χ0) is 13.2. The molecule has 0 spiro atoms. The maximum Gasteiger partial charge on any atom is 0.410 e. The largest absolute Gasteiger partial charge is 0.481 e. The summed E-state index contributed by atoms with van der Waals surface area (Å²) in [6.07, 6.45) is 5.08. The molecule has 1 unspecified atom stereocenters. The van der Waals surface area contributed by atoms with Crippen LogP contribution in [0, 0.1) is 5.41 Å². The van der Waals surface area contributed by atoms with Crippen LogP contribution in [0.1, 0.15) is 32.1 Å². The number of nitrogens with zero attached hydrogens (tertiary/aromatic N) is 1. The van der Waals surface area contributed by atoms with Crippen LogP contribution in [0.25, 0.3) is 0 Å². The number of carboxylic acid groups (broad SMARTS) is 1. The average Bonchev–Trinajstić information content (AvgIpc) is 3.17. The molecule has 1 atom stereocenters. The quantitative estimate of drug-likeness (QED) is 0.778. The highest BCUT2D eigenvalue weighted by Gasteiger charge is 2.59. The third-order valence-corrected chi connectivity index (χ3v) is 3.91. The van der Waals surface area contributed by atoms with Gasteiger partial charge < -0.3 is 14.7 Å². The Morgan fingerprint density at radius 2 is 2.17 bits per heavy atom. The Bertz CT molecular complexity index is 362. The summed E-state index contributed by atoms with van der Waals surface area (Å²) < 4.78 is 5.04. The van der Waals surface area contributed by atoms with Crippen LogP contribution in [0.3, 0.4) is 0 Å². The van der Waals surface area contributed by atoms with E-state index in [0.29, 0.717) is 19.4 Å². The lowest BCUT2D eigenvalue weighted by Gasteiger charge is -2.38. The van der Waals surface area contributed by atoms with Crippen molar-refractivity contribution in [2.45, 2.75) is 38.1 Å². The zero-order valence-electron chi connectivity index (χ0n) is 10.4. The van der Waals surface area contributed by atoms with E-state index in [4.69, 9.17) is 4.74 Å². The number of hydrogen-bond donors (Lipinski definition) is 1. The van der Waals surface area contributed by atoms with Gasteiger partial charge >= 0.3 is 12.1 Å². The Morgan fingerprint density at radius 1 is 1.44 bits per heavy atom. The number of ether oxygens (including phenoxy) is 1. The van der Waals surface area contributed by atoms with E-state index in [-0.39, 0.29) is 12.6 Å². The van der Waals surface area contributed by atoms with Crippen molar-refractivity contribution in [2.75, 3.05) is 13.2 Å². The van der Waals surface area contributed by atoms with Gasteiger partial charge in [0.05, 0.1) is 11.5 Å². The number of hydrogen-bond acceptors (Lipinski definition) is 3. The fraction of sp³-hybridized carbons (Fsp3) is 0.692. The van der Waals surface area contributed by atoms with Gasteiger partial charge in [-0.1, -0.05) is 12.7 Å². The normalized spacial score (nSPS) is 25.3. The van der Waals surface area contributed by atoms with Gasteiger partial charge in [0.1, 0.15) is 6.61 Å². The molecule has 1 saturated carbocycles. The second kappa shape index (κ2) is 5.00. The SMILES string of the molecule is C=CCOC(=O)N1CCCCC1C1(C(=O)O)CC1. The molecule has 5 nitrogen and oxygen atoms in total. The van der Waals surface area contributed by atoms with Crippen LogP contribution in [0.2, 0.25) is 0 Å². The number of piperidine rings is 1. The molecule has 0 aromatic heterocycles. The summed E-state index contributed by atoms with van der Waals surface area (Å²) in [5.74, 6) is -0.782. The lowest BCUT2D eigenvalue weighted by Crippen LogP contribution is -2.50. The third-order valence-electron chi connectivity index (χ3n) is 3.91. The highest BCUT2D eigenvalue weighted by Crippen LogP contribution is 2.53. The van der Waals surface area contributed by atoms with E-state index in [2.05, 4.69) is 6.58 Å². The van der Waals surface area contributed by atoms with Gasteiger partial charge in [-0.15, -0.1) is 0 Å². The molecule has 1 N–H and O–H groups in total. The van der Waals surface area contributed by atoms with E-state index in [9.17, 15) is 14.7 Å². The first kappa shape index (κ1) is 12.9. The van der Waals surface area contributed by atoms with Crippen molar-refractivity contribution < 1.29 is 19.4 Å². The first-order chi connectivity index (χ1) is 8.62. The first-order valence-electron chi connectivity index (χ1n) is 6.39. The van der Waals surface area contributed by atoms with Crippen molar-refractivity contribution >= 4 is 12.1 Å². The van der Waals surface area contributed by atoms with Gasteiger partial charge in [-0.05, 0) is 32.1 Å². The minimum atomic E-state index is -0.782. The van der Waals surface area contributed by atoms with Gasteiger partial charge in [0.2, 0.25) is 0 Å². The predicted octanol–water partition coefficient (Wildman–Crippen LogP) is 2.03. The van der Waals surface area contributed by atoms with Crippen molar-refractivity contribution in [3.05, 3.63) is 12.7 Å². The standard InChI is InChI=1S/C13H19NO4/c1-2-9-18-12(17)14-8-4-3-5-10(14)13(6-7-13)11(15)16/h2,10H,1,3-9H2,(H,15,16). The first-order valence-corrected chi connectivity index (χ1v) is 6.39. The van der Waals surface area contributed by atoms with Gasteiger partial charge in [-0.3, -0.25) is 4.79 Å². The number of carboxylic acids is 1. The van der Waals surface area contributed by atoms with E-state index in [1.165, 1.54) is 6.08 Å². The number of carbonyl (C=O) groups is 2. The van der Waals surface area contributed by atoms with E-state index in [1.54, 1.807) is 4.90 Å². The fourth-order valence-electron chi connectivity index (χ4n) is 2.76. The minimum Gasteiger partial charge on any atom is -0.481 e. The molecule has 1 heterocycles. The third kappa shape index (κ3) is 2.21. The van der Waals surface area contributed by atoms with Gasteiger partial charge in [0, 0.05) is 6.54 Å².